The summed E-state index contributed by atoms with van der Waals surface area (Å²) in [5.41, 5.74) is 0.372. The number of hydrogen-bond donors (Lipinski definition) is 1. The van der Waals surface area contributed by atoms with Crippen molar-refractivity contribution in [3.05, 3.63) is 0 Å². The summed E-state index contributed by atoms with van der Waals surface area (Å²) in [6.45, 7) is 7.56. The summed E-state index contributed by atoms with van der Waals surface area (Å²) >= 11 is 0. The van der Waals surface area contributed by atoms with E-state index in [2.05, 4.69) is 19.2 Å². The molecule has 3 rings (SSSR count). The van der Waals surface area contributed by atoms with Gasteiger partial charge in [-0.25, -0.2) is 0 Å². The van der Waals surface area contributed by atoms with E-state index in [4.69, 9.17) is 9.47 Å². The van der Waals surface area contributed by atoms with Crippen LogP contribution in [0.25, 0.3) is 0 Å². The van der Waals surface area contributed by atoms with Crippen molar-refractivity contribution < 1.29 is 9.47 Å². The fourth-order valence-electron chi connectivity index (χ4n) is 4.02. The first-order valence-corrected chi connectivity index (χ1v) is 8.66. The zero-order valence-corrected chi connectivity index (χ0v) is 13.2. The summed E-state index contributed by atoms with van der Waals surface area (Å²) in [5.74, 6) is 0.843. The van der Waals surface area contributed by atoms with Crippen LogP contribution in [0.4, 0.5) is 0 Å². The average molecular weight is 281 g/mol. The largest absolute Gasteiger partial charge is 0.378 e. The molecule has 2 saturated heterocycles. The normalized spacial score (nSPS) is 38.0. The van der Waals surface area contributed by atoms with Crippen LogP contribution in [0, 0.1) is 11.3 Å². The summed E-state index contributed by atoms with van der Waals surface area (Å²) in [5, 5.41) is 3.70. The Morgan fingerprint density at radius 3 is 2.65 bits per heavy atom. The molecule has 1 N–H and O–H groups in total. The van der Waals surface area contributed by atoms with Gasteiger partial charge >= 0.3 is 0 Å². The third-order valence-corrected chi connectivity index (χ3v) is 5.40. The molecule has 20 heavy (non-hydrogen) atoms. The first-order chi connectivity index (χ1) is 9.70. The van der Waals surface area contributed by atoms with Crippen molar-refractivity contribution in [3.63, 3.8) is 0 Å². The summed E-state index contributed by atoms with van der Waals surface area (Å²) < 4.78 is 12.0. The van der Waals surface area contributed by atoms with Gasteiger partial charge in [-0.1, -0.05) is 13.8 Å². The molecule has 2 aliphatic heterocycles. The molecule has 3 atom stereocenters. The Morgan fingerprint density at radius 2 is 2.00 bits per heavy atom. The standard InChI is InChI=1S/C17H31NO2/c1-13(2)18-12-17(8-7-15-4-3-10-19-15)9-11-20-16(17)14-5-6-14/h13-16,18H,3-12H2,1-2H3. The van der Waals surface area contributed by atoms with E-state index in [1.54, 1.807) is 0 Å². The van der Waals surface area contributed by atoms with Crippen LogP contribution in [-0.2, 0) is 9.47 Å². The molecule has 3 nitrogen and oxygen atoms in total. The molecule has 1 aliphatic carbocycles. The van der Waals surface area contributed by atoms with Crippen molar-refractivity contribution in [2.24, 2.45) is 11.3 Å². The van der Waals surface area contributed by atoms with Crippen molar-refractivity contribution in [3.8, 4) is 0 Å². The van der Waals surface area contributed by atoms with Crippen LogP contribution in [0.1, 0.15) is 58.8 Å². The maximum absolute atomic E-state index is 6.16. The Labute approximate surface area is 123 Å². The Morgan fingerprint density at radius 1 is 1.15 bits per heavy atom. The minimum absolute atomic E-state index is 0.372. The monoisotopic (exact) mass is 281 g/mol. The van der Waals surface area contributed by atoms with Gasteiger partial charge in [0.15, 0.2) is 0 Å². The highest BCUT2D eigenvalue weighted by atomic mass is 16.5. The average Bonchev–Trinajstić information content (AvgIpc) is 2.98. The quantitative estimate of drug-likeness (QED) is 0.777. The zero-order valence-electron chi connectivity index (χ0n) is 13.2. The molecule has 0 radical (unpaired) electrons. The van der Waals surface area contributed by atoms with Gasteiger partial charge in [-0.05, 0) is 50.9 Å². The van der Waals surface area contributed by atoms with Crippen LogP contribution in [-0.4, -0.2) is 38.0 Å². The lowest BCUT2D eigenvalue weighted by Gasteiger charge is -2.36. The minimum Gasteiger partial charge on any atom is -0.378 e. The van der Waals surface area contributed by atoms with E-state index >= 15 is 0 Å². The third-order valence-electron chi connectivity index (χ3n) is 5.40. The molecule has 0 aromatic carbocycles. The first kappa shape index (κ1) is 14.8. The van der Waals surface area contributed by atoms with Gasteiger partial charge in [0.25, 0.3) is 0 Å². The molecular formula is C17H31NO2. The van der Waals surface area contributed by atoms with E-state index in [0.717, 1.165) is 25.7 Å². The Kier molecular flexibility index (Phi) is 4.68. The van der Waals surface area contributed by atoms with E-state index in [9.17, 15) is 0 Å². The second-order valence-electron chi connectivity index (χ2n) is 7.45. The van der Waals surface area contributed by atoms with Gasteiger partial charge in [-0.3, -0.25) is 0 Å². The molecular weight excluding hydrogens is 250 g/mol. The van der Waals surface area contributed by atoms with Crippen LogP contribution in [0.2, 0.25) is 0 Å². The topological polar surface area (TPSA) is 30.5 Å². The summed E-state index contributed by atoms with van der Waals surface area (Å²) in [7, 11) is 0. The molecule has 3 unspecified atom stereocenters. The predicted octanol–water partition coefficient (Wildman–Crippen LogP) is 3.13. The predicted molar refractivity (Wildman–Crippen MR) is 80.9 cm³/mol. The molecule has 1 saturated carbocycles. The van der Waals surface area contributed by atoms with Crippen LogP contribution < -0.4 is 5.32 Å². The zero-order chi connectivity index (χ0) is 14.0. The molecule has 0 bridgehead atoms. The molecule has 0 aromatic heterocycles. The highest BCUT2D eigenvalue weighted by molar-refractivity contribution is 5.01. The SMILES string of the molecule is CC(C)NCC1(CCC2CCCO2)CCOC1C1CC1. The fraction of sp³-hybridized carbons (Fsp3) is 1.00. The van der Waals surface area contributed by atoms with Crippen molar-refractivity contribution >= 4 is 0 Å². The van der Waals surface area contributed by atoms with Crippen LogP contribution >= 0.6 is 0 Å². The Balaban J connectivity index is 1.61. The van der Waals surface area contributed by atoms with Gasteiger partial charge in [-0.15, -0.1) is 0 Å². The fourth-order valence-corrected chi connectivity index (χ4v) is 4.02. The van der Waals surface area contributed by atoms with E-state index in [-0.39, 0.29) is 0 Å². The highest BCUT2D eigenvalue weighted by Crippen LogP contribution is 2.50. The molecule has 3 aliphatic rings. The van der Waals surface area contributed by atoms with E-state index in [1.807, 2.05) is 0 Å². The second-order valence-corrected chi connectivity index (χ2v) is 7.45. The van der Waals surface area contributed by atoms with Crippen molar-refractivity contribution in [1.82, 2.24) is 5.32 Å². The maximum Gasteiger partial charge on any atom is 0.0672 e. The van der Waals surface area contributed by atoms with Crippen molar-refractivity contribution in [1.29, 1.82) is 0 Å². The Hall–Kier alpha value is -0.120. The Bertz CT molecular complexity index is 310. The molecule has 3 heteroatoms. The summed E-state index contributed by atoms with van der Waals surface area (Å²) in [4.78, 5) is 0. The lowest BCUT2D eigenvalue weighted by Crippen LogP contribution is -2.44. The van der Waals surface area contributed by atoms with E-state index in [1.165, 1.54) is 44.9 Å². The van der Waals surface area contributed by atoms with E-state index < -0.39 is 0 Å². The van der Waals surface area contributed by atoms with Gasteiger partial charge < -0.3 is 14.8 Å². The number of nitrogens with one attached hydrogen (secondary N) is 1. The smallest absolute Gasteiger partial charge is 0.0672 e. The highest BCUT2D eigenvalue weighted by Gasteiger charge is 2.50. The lowest BCUT2D eigenvalue weighted by molar-refractivity contribution is 0.0147. The van der Waals surface area contributed by atoms with Crippen LogP contribution in [0.3, 0.4) is 0 Å². The van der Waals surface area contributed by atoms with Crippen LogP contribution in [0.15, 0.2) is 0 Å². The van der Waals surface area contributed by atoms with Gasteiger partial charge in [0, 0.05) is 31.2 Å². The van der Waals surface area contributed by atoms with Gasteiger partial charge in [0.05, 0.1) is 12.2 Å². The summed E-state index contributed by atoms with van der Waals surface area (Å²) in [6, 6.07) is 0.565. The molecule has 3 fully saturated rings. The van der Waals surface area contributed by atoms with Gasteiger partial charge in [0.1, 0.15) is 0 Å². The van der Waals surface area contributed by atoms with Crippen molar-refractivity contribution in [2.75, 3.05) is 19.8 Å². The maximum atomic E-state index is 6.16. The summed E-state index contributed by atoms with van der Waals surface area (Å²) in [6.07, 6.45) is 10.1. The van der Waals surface area contributed by atoms with Crippen molar-refractivity contribution in [2.45, 2.75) is 77.0 Å². The van der Waals surface area contributed by atoms with Gasteiger partial charge in [-0.2, -0.15) is 0 Å². The number of rotatable bonds is 7. The molecule has 2 heterocycles. The number of hydrogen-bond acceptors (Lipinski definition) is 3. The number of ether oxygens (including phenoxy) is 2. The molecule has 116 valence electrons. The molecule has 0 spiro atoms. The van der Waals surface area contributed by atoms with Crippen LogP contribution in [0.5, 0.6) is 0 Å². The molecule has 0 aromatic rings. The molecule has 0 amide bonds. The van der Waals surface area contributed by atoms with Gasteiger partial charge in [0.2, 0.25) is 0 Å². The first-order valence-electron chi connectivity index (χ1n) is 8.66. The van der Waals surface area contributed by atoms with E-state index in [0.29, 0.717) is 23.7 Å². The minimum atomic E-state index is 0.372. The second kappa shape index (κ2) is 6.33. The third kappa shape index (κ3) is 3.37. The lowest BCUT2D eigenvalue weighted by atomic mass is 9.74.